The van der Waals surface area contributed by atoms with E-state index in [1.807, 2.05) is 13.0 Å². The number of hydrogen-bond acceptors (Lipinski definition) is 4. The van der Waals surface area contributed by atoms with Crippen molar-refractivity contribution in [1.29, 1.82) is 0 Å². The molecule has 2 aromatic carbocycles. The molecule has 0 saturated heterocycles. The maximum absolute atomic E-state index is 11.3. The Balaban J connectivity index is 2.71. The number of ether oxygens (including phenoxy) is 1. The van der Waals surface area contributed by atoms with Crippen LogP contribution in [0.2, 0.25) is 0 Å². The van der Waals surface area contributed by atoms with Crippen LogP contribution >= 0.6 is 0 Å². The molecule has 0 aliphatic rings. The zero-order valence-electron chi connectivity index (χ0n) is 9.93. The number of aromatic hydroxyl groups is 1. The van der Waals surface area contributed by atoms with Gasteiger partial charge in [-0.1, -0.05) is 24.3 Å². The van der Waals surface area contributed by atoms with E-state index in [9.17, 15) is 9.90 Å². The Morgan fingerprint density at radius 1 is 1.39 bits per heavy atom. The molecular weight excluding hydrogens is 230 g/mol. The molecule has 0 aromatic heterocycles. The average molecular weight is 243 g/mol. The fourth-order valence-corrected chi connectivity index (χ4v) is 1.77. The first-order chi connectivity index (χ1) is 8.52. The number of fused-ring (bicyclic) bond motifs is 1. The molecule has 0 bridgehead atoms. The van der Waals surface area contributed by atoms with Crippen molar-refractivity contribution >= 4 is 22.4 Å². The van der Waals surface area contributed by atoms with Crippen LogP contribution in [0.25, 0.3) is 10.8 Å². The summed E-state index contributed by atoms with van der Waals surface area (Å²) in [6, 6.07) is 6.78. The highest BCUT2D eigenvalue weighted by atomic mass is 16.5. The summed E-state index contributed by atoms with van der Waals surface area (Å²) in [5, 5.41) is 11.0. The molecule has 2 rings (SSSR count). The number of anilines is 1. The second kappa shape index (κ2) is 4.41. The number of rotatable bonds is 2. The maximum atomic E-state index is 11.3. The van der Waals surface area contributed by atoms with E-state index in [1.165, 1.54) is 6.07 Å². The second-order valence-corrected chi connectivity index (χ2v) is 3.99. The fraction of sp³-hybridized carbons (Fsp3) is 0.0714. The SMILES string of the molecule is C=CC(=O)Oc1c(N)cc(O)c2cc(C)ccc12. The van der Waals surface area contributed by atoms with E-state index in [1.54, 1.807) is 12.1 Å². The van der Waals surface area contributed by atoms with Crippen LogP contribution in [0.3, 0.4) is 0 Å². The molecule has 2 aromatic rings. The molecular formula is C14H13NO3. The molecule has 0 fully saturated rings. The number of phenols is 1. The van der Waals surface area contributed by atoms with Gasteiger partial charge in [-0.15, -0.1) is 0 Å². The number of esters is 1. The van der Waals surface area contributed by atoms with Gasteiger partial charge in [0.2, 0.25) is 0 Å². The molecule has 18 heavy (non-hydrogen) atoms. The van der Waals surface area contributed by atoms with Crippen molar-refractivity contribution in [2.45, 2.75) is 6.92 Å². The summed E-state index contributed by atoms with van der Waals surface area (Å²) < 4.78 is 5.11. The minimum atomic E-state index is -0.589. The predicted octanol–water partition coefficient (Wildman–Crippen LogP) is 2.53. The summed E-state index contributed by atoms with van der Waals surface area (Å²) in [6.45, 7) is 5.24. The lowest BCUT2D eigenvalue weighted by atomic mass is 10.0. The first kappa shape index (κ1) is 12.0. The molecule has 0 spiro atoms. The number of benzene rings is 2. The zero-order valence-corrected chi connectivity index (χ0v) is 9.93. The normalized spacial score (nSPS) is 10.3. The fourth-order valence-electron chi connectivity index (χ4n) is 1.77. The van der Waals surface area contributed by atoms with Crippen molar-refractivity contribution in [2.24, 2.45) is 0 Å². The molecule has 0 radical (unpaired) electrons. The van der Waals surface area contributed by atoms with Gasteiger partial charge in [-0.25, -0.2) is 4.79 Å². The third kappa shape index (κ3) is 2.00. The Labute approximate surface area is 104 Å². The summed E-state index contributed by atoms with van der Waals surface area (Å²) in [5.74, 6) is -0.286. The molecule has 0 aliphatic carbocycles. The Morgan fingerprint density at radius 2 is 2.11 bits per heavy atom. The van der Waals surface area contributed by atoms with Crippen LogP contribution in [-0.2, 0) is 4.79 Å². The lowest BCUT2D eigenvalue weighted by molar-refractivity contribution is -0.128. The van der Waals surface area contributed by atoms with Crippen LogP contribution < -0.4 is 10.5 Å². The largest absolute Gasteiger partial charge is 0.507 e. The lowest BCUT2D eigenvalue weighted by Crippen LogP contribution is -2.06. The minimum absolute atomic E-state index is 0.0598. The summed E-state index contributed by atoms with van der Waals surface area (Å²) in [4.78, 5) is 11.3. The summed E-state index contributed by atoms with van der Waals surface area (Å²) >= 11 is 0. The highest BCUT2D eigenvalue weighted by molar-refractivity contribution is 6.00. The molecule has 0 amide bonds. The molecule has 0 aliphatic heterocycles. The van der Waals surface area contributed by atoms with Gasteiger partial charge in [-0.3, -0.25) is 0 Å². The summed E-state index contributed by atoms with van der Waals surface area (Å²) in [7, 11) is 0. The monoisotopic (exact) mass is 243 g/mol. The quantitative estimate of drug-likeness (QED) is 0.368. The van der Waals surface area contributed by atoms with E-state index in [-0.39, 0.29) is 17.2 Å². The molecule has 4 nitrogen and oxygen atoms in total. The van der Waals surface area contributed by atoms with Gasteiger partial charge in [0.1, 0.15) is 5.75 Å². The van der Waals surface area contributed by atoms with E-state index in [2.05, 4.69) is 6.58 Å². The number of nitrogens with two attached hydrogens (primary N) is 1. The smallest absolute Gasteiger partial charge is 0.335 e. The Bertz CT molecular complexity index is 647. The van der Waals surface area contributed by atoms with Gasteiger partial charge in [0.05, 0.1) is 5.69 Å². The number of carbonyl (C=O) groups is 1. The zero-order chi connectivity index (χ0) is 13.3. The highest BCUT2D eigenvalue weighted by Crippen LogP contribution is 2.38. The van der Waals surface area contributed by atoms with Crippen molar-refractivity contribution in [3.8, 4) is 11.5 Å². The standard InChI is InChI=1S/C14H13NO3/c1-3-13(17)18-14-9-5-4-8(2)6-10(9)12(16)7-11(14)15/h3-7,16H,1,15H2,2H3. The van der Waals surface area contributed by atoms with Crippen molar-refractivity contribution in [3.63, 3.8) is 0 Å². The number of nitrogen functional groups attached to an aromatic ring is 1. The molecule has 0 atom stereocenters. The molecule has 0 unspecified atom stereocenters. The Hall–Kier alpha value is -2.49. The number of hydrogen-bond donors (Lipinski definition) is 2. The molecule has 0 heterocycles. The van der Waals surface area contributed by atoms with Gasteiger partial charge in [0.15, 0.2) is 5.75 Å². The number of aryl methyl sites for hydroxylation is 1. The van der Waals surface area contributed by atoms with Gasteiger partial charge >= 0.3 is 5.97 Å². The molecule has 92 valence electrons. The minimum Gasteiger partial charge on any atom is -0.507 e. The van der Waals surface area contributed by atoms with Crippen LogP contribution in [0, 0.1) is 6.92 Å². The van der Waals surface area contributed by atoms with Crippen molar-refractivity contribution in [2.75, 3.05) is 5.73 Å². The predicted molar refractivity (Wildman–Crippen MR) is 70.6 cm³/mol. The highest BCUT2D eigenvalue weighted by Gasteiger charge is 2.13. The van der Waals surface area contributed by atoms with E-state index in [0.29, 0.717) is 10.8 Å². The Morgan fingerprint density at radius 3 is 2.78 bits per heavy atom. The number of carbonyl (C=O) groups excluding carboxylic acids is 1. The van der Waals surface area contributed by atoms with Crippen molar-refractivity contribution < 1.29 is 14.6 Å². The van der Waals surface area contributed by atoms with Gasteiger partial charge < -0.3 is 15.6 Å². The average Bonchev–Trinajstić information content (AvgIpc) is 2.34. The van der Waals surface area contributed by atoms with E-state index >= 15 is 0 Å². The van der Waals surface area contributed by atoms with Gasteiger partial charge in [-0.05, 0) is 13.0 Å². The van der Waals surface area contributed by atoms with Gasteiger partial charge in [-0.2, -0.15) is 0 Å². The summed E-state index contributed by atoms with van der Waals surface area (Å²) in [5.41, 5.74) is 6.95. The van der Waals surface area contributed by atoms with Crippen LogP contribution in [0.1, 0.15) is 5.56 Å². The lowest BCUT2D eigenvalue weighted by Gasteiger charge is -2.11. The van der Waals surface area contributed by atoms with E-state index in [0.717, 1.165) is 11.6 Å². The van der Waals surface area contributed by atoms with Gasteiger partial charge in [0, 0.05) is 22.9 Å². The Kier molecular flexibility index (Phi) is 2.93. The topological polar surface area (TPSA) is 72.5 Å². The van der Waals surface area contributed by atoms with Crippen LogP contribution in [0.5, 0.6) is 11.5 Å². The van der Waals surface area contributed by atoms with Crippen LogP contribution in [-0.4, -0.2) is 11.1 Å². The summed E-state index contributed by atoms with van der Waals surface area (Å²) in [6.07, 6.45) is 1.06. The number of phenolic OH excluding ortho intramolecular Hbond substituents is 1. The third-order valence-corrected chi connectivity index (χ3v) is 2.62. The molecule has 0 saturated carbocycles. The maximum Gasteiger partial charge on any atom is 0.335 e. The molecule has 4 heteroatoms. The van der Waals surface area contributed by atoms with Crippen LogP contribution in [0.4, 0.5) is 5.69 Å². The van der Waals surface area contributed by atoms with E-state index < -0.39 is 5.97 Å². The second-order valence-electron chi connectivity index (χ2n) is 3.99. The third-order valence-electron chi connectivity index (χ3n) is 2.62. The molecule has 3 N–H and O–H groups in total. The van der Waals surface area contributed by atoms with Crippen molar-refractivity contribution in [3.05, 3.63) is 42.5 Å². The first-order valence-corrected chi connectivity index (χ1v) is 5.39. The van der Waals surface area contributed by atoms with Gasteiger partial charge in [0.25, 0.3) is 0 Å². The van der Waals surface area contributed by atoms with Crippen LogP contribution in [0.15, 0.2) is 36.9 Å². The van der Waals surface area contributed by atoms with E-state index in [4.69, 9.17) is 10.5 Å². The van der Waals surface area contributed by atoms with Crippen molar-refractivity contribution in [1.82, 2.24) is 0 Å². The first-order valence-electron chi connectivity index (χ1n) is 5.39.